The van der Waals surface area contributed by atoms with Crippen molar-refractivity contribution in [3.8, 4) is 5.75 Å². The van der Waals surface area contributed by atoms with Crippen molar-refractivity contribution in [2.75, 3.05) is 24.8 Å². The number of carbonyl (C=O) groups is 1. The maximum absolute atomic E-state index is 12.3. The fourth-order valence-electron chi connectivity index (χ4n) is 1.97. The number of carbonyl (C=O) groups excluding carboxylic acids is 1. The molecule has 4 heteroatoms. The van der Waals surface area contributed by atoms with Crippen molar-refractivity contribution in [1.29, 1.82) is 0 Å². The van der Waals surface area contributed by atoms with Crippen molar-refractivity contribution >= 4 is 17.3 Å². The first-order chi connectivity index (χ1) is 9.63. The van der Waals surface area contributed by atoms with E-state index in [0.29, 0.717) is 17.0 Å². The Labute approximate surface area is 118 Å². The Kier molecular flexibility index (Phi) is 4.25. The van der Waals surface area contributed by atoms with Gasteiger partial charge in [-0.25, -0.2) is 0 Å². The number of aryl methyl sites for hydroxylation is 1. The molecule has 0 aromatic heterocycles. The van der Waals surface area contributed by atoms with Crippen molar-refractivity contribution < 1.29 is 9.53 Å². The molecular weight excluding hydrogens is 252 g/mol. The van der Waals surface area contributed by atoms with Crippen LogP contribution in [0.5, 0.6) is 5.75 Å². The molecule has 0 aliphatic heterocycles. The number of methoxy groups -OCH3 is 1. The monoisotopic (exact) mass is 270 g/mol. The molecule has 0 spiro atoms. The molecule has 0 saturated heterocycles. The summed E-state index contributed by atoms with van der Waals surface area (Å²) in [5, 5.41) is 5.92. The fraction of sp³-hybridized carbons (Fsp3) is 0.188. The first-order valence-corrected chi connectivity index (χ1v) is 6.38. The SMILES string of the molecule is CNc1ccc(C(=O)Nc2cccc(OC)c2)c(C)c1. The van der Waals surface area contributed by atoms with E-state index in [1.165, 1.54) is 0 Å². The Hall–Kier alpha value is -2.49. The van der Waals surface area contributed by atoms with E-state index in [-0.39, 0.29) is 5.91 Å². The van der Waals surface area contributed by atoms with Crippen LogP contribution in [0.15, 0.2) is 42.5 Å². The quantitative estimate of drug-likeness (QED) is 0.896. The number of benzene rings is 2. The zero-order valence-corrected chi connectivity index (χ0v) is 11.9. The number of nitrogens with one attached hydrogen (secondary N) is 2. The lowest BCUT2D eigenvalue weighted by Gasteiger charge is -2.10. The van der Waals surface area contributed by atoms with Crippen LogP contribution in [0, 0.1) is 6.92 Å². The van der Waals surface area contributed by atoms with Gasteiger partial charge in [0, 0.05) is 30.1 Å². The summed E-state index contributed by atoms with van der Waals surface area (Å²) in [5.74, 6) is 0.587. The van der Waals surface area contributed by atoms with Crippen molar-refractivity contribution in [2.45, 2.75) is 6.92 Å². The van der Waals surface area contributed by atoms with Crippen molar-refractivity contribution in [3.05, 3.63) is 53.6 Å². The van der Waals surface area contributed by atoms with E-state index in [9.17, 15) is 4.79 Å². The summed E-state index contributed by atoms with van der Waals surface area (Å²) in [4.78, 5) is 12.3. The van der Waals surface area contributed by atoms with E-state index in [1.54, 1.807) is 13.2 Å². The molecule has 0 radical (unpaired) electrons. The average molecular weight is 270 g/mol. The van der Waals surface area contributed by atoms with Crippen LogP contribution in [-0.2, 0) is 0 Å². The summed E-state index contributed by atoms with van der Waals surface area (Å²) >= 11 is 0. The molecule has 2 rings (SSSR count). The molecule has 2 aromatic carbocycles. The molecule has 0 heterocycles. The summed E-state index contributed by atoms with van der Waals surface area (Å²) in [5.41, 5.74) is 3.29. The molecule has 0 aliphatic carbocycles. The molecule has 0 fully saturated rings. The lowest BCUT2D eigenvalue weighted by atomic mass is 10.1. The topological polar surface area (TPSA) is 50.4 Å². The largest absolute Gasteiger partial charge is 0.497 e. The minimum atomic E-state index is -0.126. The molecule has 2 aromatic rings. The molecule has 0 saturated carbocycles. The maximum Gasteiger partial charge on any atom is 0.255 e. The van der Waals surface area contributed by atoms with Gasteiger partial charge in [0.25, 0.3) is 5.91 Å². The third-order valence-corrected chi connectivity index (χ3v) is 3.09. The molecule has 0 bridgehead atoms. The van der Waals surface area contributed by atoms with E-state index in [2.05, 4.69) is 10.6 Å². The van der Waals surface area contributed by atoms with Gasteiger partial charge in [-0.3, -0.25) is 4.79 Å². The molecule has 4 nitrogen and oxygen atoms in total. The average Bonchev–Trinajstić information content (AvgIpc) is 2.47. The predicted octanol–water partition coefficient (Wildman–Crippen LogP) is 3.30. The van der Waals surface area contributed by atoms with Crippen molar-refractivity contribution in [2.24, 2.45) is 0 Å². The molecule has 20 heavy (non-hydrogen) atoms. The fourth-order valence-corrected chi connectivity index (χ4v) is 1.97. The number of anilines is 2. The summed E-state index contributed by atoms with van der Waals surface area (Å²) in [6, 6.07) is 12.9. The van der Waals surface area contributed by atoms with E-state index in [4.69, 9.17) is 4.74 Å². The van der Waals surface area contributed by atoms with Gasteiger partial charge in [0.05, 0.1) is 7.11 Å². The Balaban J connectivity index is 2.19. The van der Waals surface area contributed by atoms with Crippen molar-refractivity contribution in [3.63, 3.8) is 0 Å². The number of hydrogen-bond acceptors (Lipinski definition) is 3. The number of ether oxygens (including phenoxy) is 1. The first-order valence-electron chi connectivity index (χ1n) is 6.38. The van der Waals surface area contributed by atoms with E-state index >= 15 is 0 Å². The molecule has 2 N–H and O–H groups in total. The molecule has 104 valence electrons. The first kappa shape index (κ1) is 13.9. The highest BCUT2D eigenvalue weighted by atomic mass is 16.5. The standard InChI is InChI=1S/C16H18N2O2/c1-11-9-12(17-2)7-8-15(11)16(19)18-13-5-4-6-14(10-13)20-3/h4-10,17H,1-3H3,(H,18,19). The van der Waals surface area contributed by atoms with Gasteiger partial charge in [-0.2, -0.15) is 0 Å². The summed E-state index contributed by atoms with van der Waals surface area (Å²) in [6.45, 7) is 1.92. The highest BCUT2D eigenvalue weighted by Crippen LogP contribution is 2.19. The summed E-state index contributed by atoms with van der Waals surface area (Å²) in [6.07, 6.45) is 0. The Morgan fingerprint density at radius 2 is 1.90 bits per heavy atom. The Bertz CT molecular complexity index is 624. The zero-order valence-electron chi connectivity index (χ0n) is 11.9. The summed E-state index contributed by atoms with van der Waals surface area (Å²) in [7, 11) is 3.45. The van der Waals surface area contributed by atoms with Gasteiger partial charge in [-0.15, -0.1) is 0 Å². The molecular formula is C16H18N2O2. The second kappa shape index (κ2) is 6.10. The van der Waals surface area contributed by atoms with Gasteiger partial charge in [-0.05, 0) is 42.8 Å². The second-order valence-electron chi connectivity index (χ2n) is 4.47. The van der Waals surface area contributed by atoms with Crippen LogP contribution >= 0.6 is 0 Å². The van der Waals surface area contributed by atoms with Crippen LogP contribution in [-0.4, -0.2) is 20.1 Å². The van der Waals surface area contributed by atoms with Crippen LogP contribution < -0.4 is 15.4 Å². The maximum atomic E-state index is 12.3. The van der Waals surface area contributed by atoms with Crippen LogP contribution in [0.4, 0.5) is 11.4 Å². The van der Waals surface area contributed by atoms with E-state index in [1.807, 2.05) is 50.4 Å². The number of hydrogen-bond donors (Lipinski definition) is 2. The minimum absolute atomic E-state index is 0.126. The van der Waals surface area contributed by atoms with Gasteiger partial charge in [0.15, 0.2) is 0 Å². The highest BCUT2D eigenvalue weighted by molar-refractivity contribution is 6.05. The van der Waals surface area contributed by atoms with Crippen LogP contribution in [0.2, 0.25) is 0 Å². The van der Waals surface area contributed by atoms with Gasteiger partial charge < -0.3 is 15.4 Å². The van der Waals surface area contributed by atoms with Crippen LogP contribution in [0.25, 0.3) is 0 Å². The number of rotatable bonds is 4. The highest BCUT2D eigenvalue weighted by Gasteiger charge is 2.10. The van der Waals surface area contributed by atoms with E-state index < -0.39 is 0 Å². The third kappa shape index (κ3) is 3.09. The van der Waals surface area contributed by atoms with Crippen LogP contribution in [0.3, 0.4) is 0 Å². The lowest BCUT2D eigenvalue weighted by Crippen LogP contribution is -2.13. The van der Waals surface area contributed by atoms with Gasteiger partial charge >= 0.3 is 0 Å². The smallest absolute Gasteiger partial charge is 0.255 e. The lowest BCUT2D eigenvalue weighted by molar-refractivity contribution is 0.102. The van der Waals surface area contributed by atoms with Crippen molar-refractivity contribution in [1.82, 2.24) is 0 Å². The third-order valence-electron chi connectivity index (χ3n) is 3.09. The molecule has 0 atom stereocenters. The normalized spacial score (nSPS) is 9.95. The molecule has 1 amide bonds. The number of amides is 1. The van der Waals surface area contributed by atoms with Crippen LogP contribution in [0.1, 0.15) is 15.9 Å². The Morgan fingerprint density at radius 1 is 1.10 bits per heavy atom. The van der Waals surface area contributed by atoms with E-state index in [0.717, 1.165) is 11.3 Å². The Morgan fingerprint density at radius 3 is 2.55 bits per heavy atom. The molecule has 0 unspecified atom stereocenters. The van der Waals surface area contributed by atoms with Gasteiger partial charge in [0.1, 0.15) is 5.75 Å². The molecule has 0 aliphatic rings. The minimum Gasteiger partial charge on any atom is -0.497 e. The van der Waals surface area contributed by atoms with Gasteiger partial charge in [0.2, 0.25) is 0 Å². The predicted molar refractivity (Wildman–Crippen MR) is 81.7 cm³/mol. The zero-order chi connectivity index (χ0) is 14.5. The van der Waals surface area contributed by atoms with Gasteiger partial charge in [-0.1, -0.05) is 6.07 Å². The summed E-state index contributed by atoms with van der Waals surface area (Å²) < 4.78 is 5.14. The second-order valence-corrected chi connectivity index (χ2v) is 4.47.